The predicted octanol–water partition coefficient (Wildman–Crippen LogP) is -0.427. The number of ether oxygens (including phenoxy) is 1. The van der Waals surface area contributed by atoms with Crippen molar-refractivity contribution in [3.05, 3.63) is 11.8 Å². The summed E-state index contributed by atoms with van der Waals surface area (Å²) in [6.45, 7) is 1.85. The van der Waals surface area contributed by atoms with E-state index in [-0.39, 0.29) is 13.2 Å². The summed E-state index contributed by atoms with van der Waals surface area (Å²) in [5.74, 6) is 0.711. The number of rotatable bonds is 3. The molecule has 0 unspecified atom stereocenters. The van der Waals surface area contributed by atoms with Gasteiger partial charge in [-0.05, 0) is 6.92 Å². The molecule has 0 aliphatic rings. The zero-order chi connectivity index (χ0) is 11.7. The minimum atomic E-state index is -0.0839. The molecule has 7 heteroatoms. The van der Waals surface area contributed by atoms with Crippen LogP contribution in [0.5, 0.6) is 5.88 Å². The quantitative estimate of drug-likeness (QED) is 0.651. The van der Waals surface area contributed by atoms with E-state index in [1.54, 1.807) is 6.92 Å². The van der Waals surface area contributed by atoms with Gasteiger partial charge in [-0.2, -0.15) is 9.61 Å². The van der Waals surface area contributed by atoms with Gasteiger partial charge in [-0.1, -0.05) is 0 Å². The monoisotopic (exact) mass is 223 g/mol. The summed E-state index contributed by atoms with van der Waals surface area (Å²) < 4.78 is 6.76. The maximum Gasteiger partial charge on any atom is 0.220 e. The molecule has 0 aromatic carbocycles. The van der Waals surface area contributed by atoms with Gasteiger partial charge >= 0.3 is 0 Å². The fourth-order valence-corrected chi connectivity index (χ4v) is 1.38. The van der Waals surface area contributed by atoms with Crippen molar-refractivity contribution in [2.24, 2.45) is 0 Å². The Balaban J connectivity index is 2.58. The van der Waals surface area contributed by atoms with E-state index in [4.69, 9.17) is 21.3 Å². The minimum Gasteiger partial charge on any atom is -0.475 e. The van der Waals surface area contributed by atoms with Crippen LogP contribution in [0, 0.1) is 6.92 Å². The van der Waals surface area contributed by atoms with Crippen molar-refractivity contribution in [1.29, 1.82) is 0 Å². The van der Waals surface area contributed by atoms with E-state index in [9.17, 15) is 0 Å². The molecule has 7 nitrogen and oxygen atoms in total. The largest absolute Gasteiger partial charge is 0.475 e. The molecule has 0 aliphatic heterocycles. The van der Waals surface area contributed by atoms with Gasteiger partial charge in [0.05, 0.1) is 12.3 Å². The molecule has 0 fully saturated rings. The number of hydrogen-bond donors (Lipinski definition) is 3. The lowest BCUT2D eigenvalue weighted by Crippen LogP contribution is -2.08. The van der Waals surface area contributed by atoms with Crippen LogP contribution in [0.4, 0.5) is 11.5 Å². The molecular weight excluding hydrogens is 210 g/mol. The number of aliphatic hydroxyl groups is 1. The van der Waals surface area contributed by atoms with Crippen molar-refractivity contribution >= 4 is 17.2 Å². The summed E-state index contributed by atoms with van der Waals surface area (Å²) in [7, 11) is 0. The van der Waals surface area contributed by atoms with Crippen LogP contribution >= 0.6 is 0 Å². The van der Waals surface area contributed by atoms with Gasteiger partial charge in [0.25, 0.3) is 0 Å². The number of nitrogens with two attached hydrogens (primary N) is 2. The lowest BCUT2D eigenvalue weighted by atomic mass is 10.4. The Bertz CT molecular complexity index is 522. The van der Waals surface area contributed by atoms with Gasteiger partial charge in [0.15, 0.2) is 5.65 Å². The van der Waals surface area contributed by atoms with Crippen molar-refractivity contribution in [2.75, 3.05) is 24.7 Å². The Kier molecular flexibility index (Phi) is 2.53. The summed E-state index contributed by atoms with van der Waals surface area (Å²) >= 11 is 0. The standard InChI is InChI=1S/C9H13N5O2/c1-5-8(11)9-12-6(10)4-7(14(9)13-5)16-3-2-15/h4,15H,2-3,11H2,1H3,(H2,10,12). The van der Waals surface area contributed by atoms with Gasteiger partial charge in [0.2, 0.25) is 5.88 Å². The van der Waals surface area contributed by atoms with Crippen molar-refractivity contribution in [2.45, 2.75) is 6.92 Å². The Labute approximate surface area is 91.6 Å². The van der Waals surface area contributed by atoms with Crippen LogP contribution in [0.1, 0.15) is 5.69 Å². The molecule has 0 aliphatic carbocycles. The SMILES string of the molecule is Cc1nn2c(OCCO)cc(N)nc2c1N. The Morgan fingerprint density at radius 1 is 1.50 bits per heavy atom. The number of aryl methyl sites for hydroxylation is 1. The van der Waals surface area contributed by atoms with E-state index in [0.717, 1.165) is 0 Å². The molecule has 0 saturated heterocycles. The van der Waals surface area contributed by atoms with Crippen molar-refractivity contribution < 1.29 is 9.84 Å². The smallest absolute Gasteiger partial charge is 0.220 e. The molecule has 86 valence electrons. The van der Waals surface area contributed by atoms with Crippen molar-refractivity contribution in [3.63, 3.8) is 0 Å². The second-order valence-electron chi connectivity index (χ2n) is 3.33. The molecule has 0 atom stereocenters. The van der Waals surface area contributed by atoms with Crippen molar-refractivity contribution in [1.82, 2.24) is 14.6 Å². The maximum atomic E-state index is 8.70. The van der Waals surface area contributed by atoms with Crippen LogP contribution in [0.2, 0.25) is 0 Å². The van der Waals surface area contributed by atoms with Crippen LogP contribution in [0.25, 0.3) is 5.65 Å². The van der Waals surface area contributed by atoms with Crippen molar-refractivity contribution in [3.8, 4) is 5.88 Å². The lowest BCUT2D eigenvalue weighted by Gasteiger charge is -2.06. The summed E-state index contributed by atoms with van der Waals surface area (Å²) in [4.78, 5) is 4.08. The third-order valence-corrected chi connectivity index (χ3v) is 2.14. The Morgan fingerprint density at radius 3 is 2.94 bits per heavy atom. The highest BCUT2D eigenvalue weighted by molar-refractivity contribution is 5.69. The highest BCUT2D eigenvalue weighted by Gasteiger charge is 2.12. The molecule has 5 N–H and O–H groups in total. The molecule has 0 saturated carbocycles. The predicted molar refractivity (Wildman–Crippen MR) is 59.1 cm³/mol. The number of fused-ring (bicyclic) bond motifs is 1. The van der Waals surface area contributed by atoms with Crippen LogP contribution in [-0.2, 0) is 0 Å². The molecule has 0 bridgehead atoms. The first kappa shape index (κ1) is 10.5. The highest BCUT2D eigenvalue weighted by atomic mass is 16.5. The number of hydrogen-bond acceptors (Lipinski definition) is 6. The molecule has 2 aromatic heterocycles. The zero-order valence-electron chi connectivity index (χ0n) is 8.84. The van der Waals surface area contributed by atoms with E-state index in [0.29, 0.717) is 28.7 Å². The molecule has 0 radical (unpaired) electrons. The second-order valence-corrected chi connectivity index (χ2v) is 3.33. The van der Waals surface area contributed by atoms with Crippen LogP contribution in [-0.4, -0.2) is 32.9 Å². The van der Waals surface area contributed by atoms with Crippen LogP contribution in [0.15, 0.2) is 6.07 Å². The Hall–Kier alpha value is -2.02. The molecule has 0 amide bonds. The lowest BCUT2D eigenvalue weighted by molar-refractivity contribution is 0.194. The third-order valence-electron chi connectivity index (χ3n) is 2.14. The Morgan fingerprint density at radius 2 is 2.25 bits per heavy atom. The van der Waals surface area contributed by atoms with E-state index in [1.807, 2.05) is 0 Å². The molecular formula is C9H13N5O2. The first-order valence-corrected chi connectivity index (χ1v) is 4.78. The molecule has 2 heterocycles. The third kappa shape index (κ3) is 1.61. The van der Waals surface area contributed by atoms with Gasteiger partial charge in [-0.3, -0.25) is 0 Å². The molecule has 16 heavy (non-hydrogen) atoms. The number of anilines is 2. The maximum absolute atomic E-state index is 8.70. The first-order valence-electron chi connectivity index (χ1n) is 4.78. The fourth-order valence-electron chi connectivity index (χ4n) is 1.38. The van der Waals surface area contributed by atoms with Gasteiger partial charge in [0.1, 0.15) is 18.1 Å². The van der Waals surface area contributed by atoms with Gasteiger partial charge < -0.3 is 21.3 Å². The van der Waals surface area contributed by atoms with E-state index in [2.05, 4.69) is 10.1 Å². The summed E-state index contributed by atoms with van der Waals surface area (Å²) in [6, 6.07) is 1.54. The number of nitrogens with zero attached hydrogens (tertiary/aromatic N) is 3. The highest BCUT2D eigenvalue weighted by Crippen LogP contribution is 2.22. The average Bonchev–Trinajstić information content (AvgIpc) is 2.53. The van der Waals surface area contributed by atoms with E-state index in [1.165, 1.54) is 10.6 Å². The number of aromatic nitrogens is 3. The van der Waals surface area contributed by atoms with E-state index >= 15 is 0 Å². The average molecular weight is 223 g/mol. The summed E-state index contributed by atoms with van der Waals surface area (Å²) in [6.07, 6.45) is 0. The van der Waals surface area contributed by atoms with Gasteiger partial charge in [0, 0.05) is 6.07 Å². The first-order chi connectivity index (χ1) is 7.63. The zero-order valence-corrected chi connectivity index (χ0v) is 8.84. The van der Waals surface area contributed by atoms with Gasteiger partial charge in [-0.25, -0.2) is 4.98 Å². The summed E-state index contributed by atoms with van der Waals surface area (Å²) in [5, 5.41) is 12.9. The van der Waals surface area contributed by atoms with Gasteiger partial charge in [-0.15, -0.1) is 0 Å². The molecule has 0 spiro atoms. The van der Waals surface area contributed by atoms with E-state index < -0.39 is 0 Å². The second kappa shape index (κ2) is 3.86. The minimum absolute atomic E-state index is 0.0839. The fraction of sp³-hybridized carbons (Fsp3) is 0.333. The topological polar surface area (TPSA) is 112 Å². The number of aliphatic hydroxyl groups excluding tert-OH is 1. The molecule has 2 rings (SSSR count). The molecule has 2 aromatic rings. The normalized spacial score (nSPS) is 10.9. The summed E-state index contributed by atoms with van der Waals surface area (Å²) in [5.41, 5.74) is 13.0. The van der Waals surface area contributed by atoms with Crippen LogP contribution in [0.3, 0.4) is 0 Å². The number of nitrogen functional groups attached to an aromatic ring is 2. The van der Waals surface area contributed by atoms with Crippen LogP contribution < -0.4 is 16.2 Å².